The van der Waals surface area contributed by atoms with Gasteiger partial charge in [0, 0.05) is 64.8 Å². The standard InChI is InChI=1S/C80H80N9O3/c1-54-15-26-63(27-16-54)67-33-36-70-75-78(67)90-85-44-6-12-61(50-85)10-4-9-57-21-23-59-39-45-88-73(48-59)86-52-83(71-37-34-68(79(91-88)76(71)86)64-28-17-55(2)18-29-64)42-5-11-58-25-32-62(66(47-58)14-8-41-82(70)51-81-75)13-7-43-84-53-87-74-49-60(24-22-57)40-46-89(74)92-80-69(35-38-72(84)77(80)87)65-30-19-56(3)20-31-65/h6,12,15-20,25-40,44-50,57,81H,4-5,7-11,13-14,21-24,41-43,51-53H2,1-3H3/q+3. The molecule has 0 spiro atoms. The van der Waals surface area contributed by atoms with Gasteiger partial charge in [0.2, 0.25) is 41.0 Å². The van der Waals surface area contributed by atoms with Crippen molar-refractivity contribution < 1.29 is 28.7 Å². The number of nitrogens with one attached hydrogen (secondary N) is 1. The van der Waals surface area contributed by atoms with Crippen LogP contribution < -0.4 is 58.5 Å². The molecule has 0 saturated carbocycles. The highest BCUT2D eigenvalue weighted by Gasteiger charge is 2.46. The molecule has 0 aliphatic carbocycles. The molecular formula is C80H80N9O3+3. The second-order valence-electron chi connectivity index (χ2n) is 26.9. The Labute approximate surface area is 540 Å². The predicted molar refractivity (Wildman–Crippen MR) is 367 cm³/mol. The van der Waals surface area contributed by atoms with Gasteiger partial charge in [-0.3, -0.25) is 9.68 Å². The van der Waals surface area contributed by atoms with E-state index in [9.17, 15) is 0 Å². The largest absolute Gasteiger partial charge is 0.363 e. The summed E-state index contributed by atoms with van der Waals surface area (Å²) in [5.41, 5.74) is 25.8. The number of benzene rings is 7. The molecule has 12 nitrogen and oxygen atoms in total. The third-order valence-electron chi connectivity index (χ3n) is 20.6. The number of nitrogens with zero attached hydrogens (tertiary/aromatic N) is 8. The van der Waals surface area contributed by atoms with Gasteiger partial charge in [-0.1, -0.05) is 114 Å². The average Bonchev–Trinajstić information content (AvgIpc) is 1.51. The molecule has 8 aliphatic rings. The second-order valence-corrected chi connectivity index (χ2v) is 26.9. The van der Waals surface area contributed by atoms with Gasteiger partial charge in [-0.05, 0) is 212 Å². The van der Waals surface area contributed by atoms with Gasteiger partial charge in [-0.15, -0.1) is 0 Å². The van der Waals surface area contributed by atoms with Gasteiger partial charge in [0.25, 0.3) is 0 Å². The molecule has 460 valence electrons. The zero-order chi connectivity index (χ0) is 61.4. The first-order valence-electron chi connectivity index (χ1n) is 33.8. The minimum atomic E-state index is 0.475. The third kappa shape index (κ3) is 10.5. The highest BCUT2D eigenvalue weighted by Crippen LogP contribution is 2.54. The van der Waals surface area contributed by atoms with Crippen LogP contribution in [0.2, 0.25) is 0 Å². The smallest absolute Gasteiger partial charge is 0.323 e. The van der Waals surface area contributed by atoms with Crippen LogP contribution >= 0.6 is 0 Å². The molecule has 18 bridgehead atoms. The topological polar surface area (TPSA) is 67.6 Å². The van der Waals surface area contributed by atoms with Crippen LogP contribution in [0.4, 0.5) is 45.8 Å². The Bertz CT molecular complexity index is 4490. The van der Waals surface area contributed by atoms with E-state index in [0.29, 0.717) is 5.92 Å². The molecule has 0 saturated heterocycles. The lowest BCUT2D eigenvalue weighted by Gasteiger charge is -2.23. The number of rotatable bonds is 3. The van der Waals surface area contributed by atoms with Crippen molar-refractivity contribution in [1.29, 1.82) is 0 Å². The first kappa shape index (κ1) is 56.2. The Morgan fingerprint density at radius 1 is 0.413 bits per heavy atom. The summed E-state index contributed by atoms with van der Waals surface area (Å²) in [6.45, 7) is 11.5. The van der Waals surface area contributed by atoms with Crippen LogP contribution in [-0.2, 0) is 38.5 Å². The summed E-state index contributed by atoms with van der Waals surface area (Å²) in [5.74, 6) is 5.35. The summed E-state index contributed by atoms with van der Waals surface area (Å²) >= 11 is 0. The second kappa shape index (κ2) is 23.5. The minimum absolute atomic E-state index is 0.475. The number of fused-ring (bicyclic) bond motifs is 6. The molecule has 18 rings (SSSR count). The summed E-state index contributed by atoms with van der Waals surface area (Å²) in [5, 5.41) is 3.85. The van der Waals surface area contributed by atoms with Crippen LogP contribution in [0.5, 0.6) is 17.2 Å². The first-order chi connectivity index (χ1) is 45.2. The van der Waals surface area contributed by atoms with Crippen molar-refractivity contribution in [2.45, 2.75) is 104 Å². The Morgan fingerprint density at radius 3 is 1.51 bits per heavy atom. The SMILES string of the molecule is Cc1ccc(-c2ccc3c4c2O[n+]2cccc(c2)CCCC2CCc5cc[n+]6c(c5)N5CN(CCCc7ccc(c(c7)CCCN3CN4)CCCN3CN4c7c3ccc(-c3ccc(C)cc3)c7O[n+]3ccc(cc34)CC2)c2ccc(-c3ccc(C)cc3)c(c25)O6)cc1. The Kier molecular flexibility index (Phi) is 14.3. The number of hydrogen-bond acceptors (Lipinski definition) is 9. The van der Waals surface area contributed by atoms with Crippen LogP contribution in [-0.4, -0.2) is 39.6 Å². The number of anilines is 8. The van der Waals surface area contributed by atoms with E-state index in [1.54, 1.807) is 0 Å². The molecule has 1 unspecified atom stereocenters. The van der Waals surface area contributed by atoms with Crippen LogP contribution in [0.1, 0.15) is 95.0 Å². The fourth-order valence-corrected chi connectivity index (χ4v) is 15.5. The van der Waals surface area contributed by atoms with Crippen LogP contribution in [0.25, 0.3) is 33.4 Å². The fourth-order valence-electron chi connectivity index (χ4n) is 15.5. The van der Waals surface area contributed by atoms with Gasteiger partial charge >= 0.3 is 11.6 Å². The van der Waals surface area contributed by atoms with E-state index in [2.05, 4.69) is 239 Å². The maximum absolute atomic E-state index is 7.10. The van der Waals surface area contributed by atoms with Crippen LogP contribution in [0, 0.1) is 26.7 Å². The summed E-state index contributed by atoms with van der Waals surface area (Å²) in [7, 11) is 0. The van der Waals surface area contributed by atoms with Gasteiger partial charge < -0.3 is 20.0 Å². The van der Waals surface area contributed by atoms with E-state index in [-0.39, 0.29) is 0 Å². The lowest BCUT2D eigenvalue weighted by Crippen LogP contribution is -2.48. The summed E-state index contributed by atoms with van der Waals surface area (Å²) in [4.78, 5) is 34.0. The summed E-state index contributed by atoms with van der Waals surface area (Å²) < 4.78 is 5.98. The lowest BCUT2D eigenvalue weighted by molar-refractivity contribution is -0.875. The maximum atomic E-state index is 7.10. The molecule has 0 radical (unpaired) electrons. The monoisotopic (exact) mass is 1210 g/mol. The van der Waals surface area contributed by atoms with Gasteiger partial charge in [0.05, 0.1) is 23.7 Å². The molecular weight excluding hydrogens is 1130 g/mol. The van der Waals surface area contributed by atoms with Crippen molar-refractivity contribution in [2.75, 3.05) is 69.5 Å². The first-order valence-corrected chi connectivity index (χ1v) is 33.8. The molecule has 92 heavy (non-hydrogen) atoms. The van der Waals surface area contributed by atoms with Gasteiger partial charge in [-0.2, -0.15) is 0 Å². The molecule has 0 amide bonds. The Morgan fingerprint density at radius 2 is 0.924 bits per heavy atom. The fraction of sp³-hybridized carbons (Fsp3) is 0.287. The lowest BCUT2D eigenvalue weighted by atomic mass is 9.88. The molecule has 1 N–H and O–H groups in total. The number of pyridine rings is 3. The number of hydrogen-bond donors (Lipinski definition) is 1. The molecule has 11 heterocycles. The summed E-state index contributed by atoms with van der Waals surface area (Å²) in [6, 6.07) is 61.8. The van der Waals surface area contributed by atoms with E-state index in [1.807, 2.05) is 14.2 Å². The van der Waals surface area contributed by atoms with E-state index in [0.717, 1.165) is 191 Å². The molecule has 8 aliphatic heterocycles. The molecule has 0 fully saturated rings. The van der Waals surface area contributed by atoms with Crippen molar-refractivity contribution in [3.63, 3.8) is 0 Å². The van der Waals surface area contributed by atoms with Gasteiger partial charge in [0.1, 0.15) is 18.1 Å². The quantitative estimate of drug-likeness (QED) is 0.174. The molecule has 3 aromatic heterocycles. The normalized spacial score (nSPS) is 17.2. The van der Waals surface area contributed by atoms with Gasteiger partial charge in [-0.25, -0.2) is 14.6 Å². The van der Waals surface area contributed by atoms with E-state index < -0.39 is 0 Å². The Hall–Kier alpha value is -9.81. The summed E-state index contributed by atoms with van der Waals surface area (Å²) in [6.07, 6.45) is 21.8. The maximum Gasteiger partial charge on any atom is 0.323 e. The molecule has 1 atom stereocenters. The average molecular weight is 1220 g/mol. The van der Waals surface area contributed by atoms with Gasteiger partial charge in [0.15, 0.2) is 13.3 Å². The molecule has 7 aromatic carbocycles. The third-order valence-corrected chi connectivity index (χ3v) is 20.6. The van der Waals surface area contributed by atoms with Crippen molar-refractivity contribution in [3.05, 3.63) is 239 Å². The zero-order valence-electron chi connectivity index (χ0n) is 53.2. The number of aryl methyl sites for hydroxylation is 9. The van der Waals surface area contributed by atoms with Crippen LogP contribution in [0.3, 0.4) is 0 Å². The van der Waals surface area contributed by atoms with E-state index in [1.165, 1.54) is 78.5 Å². The van der Waals surface area contributed by atoms with Crippen LogP contribution in [0.15, 0.2) is 189 Å². The van der Waals surface area contributed by atoms with E-state index >= 15 is 0 Å². The minimum Gasteiger partial charge on any atom is -0.363 e. The highest BCUT2D eigenvalue weighted by atomic mass is 16.7. The molecule has 10 aromatic rings. The van der Waals surface area contributed by atoms with E-state index in [4.69, 9.17) is 14.5 Å². The number of aromatic nitrogens is 3. The van der Waals surface area contributed by atoms with Crippen molar-refractivity contribution in [3.8, 4) is 50.6 Å². The highest BCUT2D eigenvalue weighted by molar-refractivity contribution is 5.95. The van der Waals surface area contributed by atoms with Crippen molar-refractivity contribution >= 4 is 45.8 Å². The Balaban J connectivity index is 0.765. The zero-order valence-corrected chi connectivity index (χ0v) is 53.2. The van der Waals surface area contributed by atoms with Crippen molar-refractivity contribution in [1.82, 2.24) is 0 Å². The van der Waals surface area contributed by atoms with Crippen molar-refractivity contribution in [2.24, 2.45) is 5.92 Å². The predicted octanol–water partition coefficient (Wildman–Crippen LogP) is 15.4. The molecule has 12 heteroatoms.